The van der Waals surface area contributed by atoms with Crippen molar-refractivity contribution in [2.24, 2.45) is 11.8 Å². The summed E-state index contributed by atoms with van der Waals surface area (Å²) in [5.74, 6) is 1.38. The predicted octanol–water partition coefficient (Wildman–Crippen LogP) is 5.04. The maximum atomic E-state index is 11.9. The monoisotopic (exact) mass is 272 g/mol. The van der Waals surface area contributed by atoms with Gasteiger partial charge in [0.1, 0.15) is 0 Å². The molecular weight excluding hydrogens is 244 g/mol. The number of hydrogen-bond donors (Lipinski definition) is 0. The van der Waals surface area contributed by atoms with Gasteiger partial charge in [0.2, 0.25) is 0 Å². The number of ketones is 1. The summed E-state index contributed by atoms with van der Waals surface area (Å²) in [6.45, 7) is 17.8. The van der Waals surface area contributed by atoms with E-state index in [1.807, 2.05) is 0 Å². The van der Waals surface area contributed by atoms with Crippen LogP contribution < -0.4 is 0 Å². The molecule has 2 atom stereocenters. The number of aryl methyl sites for hydroxylation is 1. The first-order chi connectivity index (χ1) is 9.01. The van der Waals surface area contributed by atoms with Gasteiger partial charge in [-0.3, -0.25) is 4.79 Å². The first-order valence-electron chi connectivity index (χ1n) is 7.67. The lowest BCUT2D eigenvalue weighted by molar-refractivity contribution is 0.101. The van der Waals surface area contributed by atoms with Gasteiger partial charge in [-0.25, -0.2) is 0 Å². The van der Waals surface area contributed by atoms with Gasteiger partial charge < -0.3 is 0 Å². The van der Waals surface area contributed by atoms with E-state index in [1.165, 1.54) is 11.1 Å². The average molecular weight is 272 g/mol. The molecule has 2 rings (SSSR count). The van der Waals surface area contributed by atoms with Crippen molar-refractivity contribution >= 4 is 5.78 Å². The quantitative estimate of drug-likeness (QED) is 0.655. The lowest BCUT2D eigenvalue weighted by Gasteiger charge is -2.51. The number of carbonyl (C=O) groups is 1. The van der Waals surface area contributed by atoms with Gasteiger partial charge in [0, 0.05) is 5.56 Å². The van der Waals surface area contributed by atoms with E-state index in [-0.39, 0.29) is 16.6 Å². The Bertz CT molecular complexity index is 563. The molecule has 1 aromatic carbocycles. The summed E-state index contributed by atoms with van der Waals surface area (Å²) in [6.07, 6.45) is 0. The van der Waals surface area contributed by atoms with Gasteiger partial charge in [-0.15, -0.1) is 0 Å². The average Bonchev–Trinajstić information content (AvgIpc) is 2.34. The van der Waals surface area contributed by atoms with Crippen molar-refractivity contribution in [3.63, 3.8) is 0 Å². The zero-order chi connectivity index (χ0) is 15.5. The second-order valence-corrected chi connectivity index (χ2v) is 7.79. The Kier molecular flexibility index (Phi) is 3.40. The number of benzene rings is 1. The molecule has 0 saturated carbocycles. The molecule has 0 aromatic heterocycles. The molecular formula is C19H28O. The number of Topliss-reactive ketones (excluding diaryl/α,β-unsaturated/α-hetero) is 1. The molecule has 1 nitrogen and oxygen atoms in total. The molecule has 0 bridgehead atoms. The first kappa shape index (κ1) is 15.3. The normalized spacial score (nSPS) is 27.0. The van der Waals surface area contributed by atoms with Crippen LogP contribution in [0.1, 0.15) is 75.5 Å². The molecule has 0 N–H and O–H groups in total. The molecule has 0 amide bonds. The molecule has 1 aliphatic carbocycles. The number of hydrogen-bond acceptors (Lipinski definition) is 1. The van der Waals surface area contributed by atoms with Gasteiger partial charge in [0.15, 0.2) is 5.78 Å². The van der Waals surface area contributed by atoms with E-state index in [0.29, 0.717) is 11.8 Å². The Morgan fingerprint density at radius 1 is 0.950 bits per heavy atom. The third-order valence-corrected chi connectivity index (χ3v) is 6.16. The molecule has 110 valence electrons. The molecule has 0 spiro atoms. The second-order valence-electron chi connectivity index (χ2n) is 7.79. The number of fused-ring (bicyclic) bond motifs is 1. The molecule has 0 heterocycles. The largest absolute Gasteiger partial charge is 0.295 e. The third kappa shape index (κ3) is 1.94. The molecule has 0 aliphatic heterocycles. The van der Waals surface area contributed by atoms with Crippen molar-refractivity contribution in [1.29, 1.82) is 0 Å². The zero-order valence-corrected chi connectivity index (χ0v) is 14.2. The minimum Gasteiger partial charge on any atom is -0.295 e. The lowest BCUT2D eigenvalue weighted by atomic mass is 9.53. The van der Waals surface area contributed by atoms with E-state index >= 15 is 0 Å². The van der Waals surface area contributed by atoms with E-state index in [2.05, 4.69) is 60.6 Å². The van der Waals surface area contributed by atoms with Gasteiger partial charge >= 0.3 is 0 Å². The topological polar surface area (TPSA) is 17.1 Å². The highest BCUT2D eigenvalue weighted by molar-refractivity contribution is 5.96. The summed E-state index contributed by atoms with van der Waals surface area (Å²) >= 11 is 0. The van der Waals surface area contributed by atoms with Crippen LogP contribution in [-0.4, -0.2) is 5.78 Å². The van der Waals surface area contributed by atoms with E-state index in [9.17, 15) is 4.79 Å². The standard InChI is InChI=1S/C19H28O/c1-11-9-16-17(10-15(11)14(4)20)19(7,8)13(3)12(2)18(16,5)6/h9-10,12-13H,1-8H3/t12-,13+/m0/s1. The number of carbonyl (C=O) groups excluding carboxylic acids is 1. The van der Waals surface area contributed by atoms with Crippen molar-refractivity contribution in [1.82, 2.24) is 0 Å². The van der Waals surface area contributed by atoms with E-state index in [4.69, 9.17) is 0 Å². The fourth-order valence-corrected chi connectivity index (χ4v) is 3.89. The van der Waals surface area contributed by atoms with Gasteiger partial charge in [-0.2, -0.15) is 0 Å². The Balaban J connectivity index is 2.80. The fraction of sp³-hybridized carbons (Fsp3) is 0.632. The van der Waals surface area contributed by atoms with E-state index in [0.717, 1.165) is 11.1 Å². The van der Waals surface area contributed by atoms with Crippen LogP contribution >= 0.6 is 0 Å². The Labute approximate surface area is 123 Å². The van der Waals surface area contributed by atoms with Crippen LogP contribution in [0.3, 0.4) is 0 Å². The van der Waals surface area contributed by atoms with Gasteiger partial charge in [0.25, 0.3) is 0 Å². The third-order valence-electron chi connectivity index (χ3n) is 6.16. The van der Waals surface area contributed by atoms with Gasteiger partial charge in [0.05, 0.1) is 0 Å². The molecule has 1 aromatic rings. The smallest absolute Gasteiger partial charge is 0.160 e. The molecule has 20 heavy (non-hydrogen) atoms. The molecule has 0 fully saturated rings. The van der Waals surface area contributed by atoms with Crippen molar-refractivity contribution < 1.29 is 4.79 Å². The Morgan fingerprint density at radius 2 is 1.35 bits per heavy atom. The summed E-state index contributed by atoms with van der Waals surface area (Å²) in [4.78, 5) is 11.9. The molecule has 0 saturated heterocycles. The molecule has 1 heteroatoms. The highest BCUT2D eigenvalue weighted by Crippen LogP contribution is 2.52. The highest BCUT2D eigenvalue weighted by Gasteiger charge is 2.47. The maximum absolute atomic E-state index is 11.9. The summed E-state index contributed by atoms with van der Waals surface area (Å²) in [7, 11) is 0. The first-order valence-corrected chi connectivity index (χ1v) is 7.67. The minimum absolute atomic E-state index is 0.113. The van der Waals surface area contributed by atoms with Crippen molar-refractivity contribution in [3.8, 4) is 0 Å². The number of rotatable bonds is 1. The summed E-state index contributed by atoms with van der Waals surface area (Å²) in [5, 5.41) is 0. The summed E-state index contributed by atoms with van der Waals surface area (Å²) in [5.41, 5.74) is 5.06. The zero-order valence-electron chi connectivity index (χ0n) is 14.2. The van der Waals surface area contributed by atoms with E-state index < -0.39 is 0 Å². The van der Waals surface area contributed by atoms with Crippen LogP contribution in [0.15, 0.2) is 12.1 Å². The van der Waals surface area contributed by atoms with Crippen molar-refractivity contribution in [2.45, 2.75) is 66.2 Å². The second kappa shape index (κ2) is 4.44. The van der Waals surface area contributed by atoms with Crippen LogP contribution in [0.2, 0.25) is 0 Å². The SMILES string of the molecule is CC(=O)c1cc2c(cc1C)C(C)(C)[C@@H](C)[C@@H](C)C2(C)C. The van der Waals surface area contributed by atoms with Crippen LogP contribution in [0.5, 0.6) is 0 Å². The van der Waals surface area contributed by atoms with Gasteiger partial charge in [-0.1, -0.05) is 47.6 Å². The minimum atomic E-state index is 0.113. The van der Waals surface area contributed by atoms with E-state index in [1.54, 1.807) is 6.92 Å². The fourth-order valence-electron chi connectivity index (χ4n) is 3.89. The van der Waals surface area contributed by atoms with Crippen LogP contribution in [0.4, 0.5) is 0 Å². The van der Waals surface area contributed by atoms with Gasteiger partial charge in [-0.05, 0) is 59.3 Å². The van der Waals surface area contributed by atoms with Crippen LogP contribution in [0.25, 0.3) is 0 Å². The highest BCUT2D eigenvalue weighted by atomic mass is 16.1. The molecule has 1 aliphatic rings. The lowest BCUT2D eigenvalue weighted by Crippen LogP contribution is -2.47. The predicted molar refractivity (Wildman–Crippen MR) is 85.6 cm³/mol. The summed E-state index contributed by atoms with van der Waals surface area (Å²) < 4.78 is 0. The summed E-state index contributed by atoms with van der Waals surface area (Å²) in [6, 6.07) is 4.42. The van der Waals surface area contributed by atoms with Crippen LogP contribution in [-0.2, 0) is 10.8 Å². The maximum Gasteiger partial charge on any atom is 0.160 e. The van der Waals surface area contributed by atoms with Crippen molar-refractivity contribution in [2.75, 3.05) is 0 Å². The molecule has 0 radical (unpaired) electrons. The van der Waals surface area contributed by atoms with Crippen molar-refractivity contribution in [3.05, 3.63) is 34.4 Å². The molecule has 0 unspecified atom stereocenters. The van der Waals surface area contributed by atoms with Crippen LogP contribution in [0, 0.1) is 18.8 Å². The Morgan fingerprint density at radius 3 is 1.75 bits per heavy atom. The Hall–Kier alpha value is -1.11.